The zero-order valence-corrected chi connectivity index (χ0v) is 18.9. The number of alkyl halides is 3. The van der Waals surface area contributed by atoms with Crippen molar-refractivity contribution in [2.24, 2.45) is 0 Å². The van der Waals surface area contributed by atoms with Crippen molar-refractivity contribution >= 4 is 63.7 Å². The second-order valence-electron chi connectivity index (χ2n) is 6.21. The lowest BCUT2D eigenvalue weighted by atomic mass is 10.0. The van der Waals surface area contributed by atoms with Crippen molar-refractivity contribution in [2.45, 2.75) is 36.6 Å². The molecule has 0 bridgehead atoms. The Hall–Kier alpha value is -1.60. The Morgan fingerprint density at radius 1 is 1.03 bits per heavy atom. The quantitative estimate of drug-likeness (QED) is 0.298. The van der Waals surface area contributed by atoms with Crippen LogP contribution in [-0.4, -0.2) is 21.0 Å². The van der Waals surface area contributed by atoms with Gasteiger partial charge in [-0.15, -0.1) is 0 Å². The molecule has 0 aliphatic rings. The van der Waals surface area contributed by atoms with Gasteiger partial charge in [0, 0.05) is 11.3 Å². The Balaban J connectivity index is 2.16. The van der Waals surface area contributed by atoms with Crippen LogP contribution in [0.1, 0.15) is 35.3 Å². The van der Waals surface area contributed by atoms with Crippen LogP contribution in [0.3, 0.4) is 0 Å². The average Bonchev–Trinajstić information content (AvgIpc) is 2.67. The van der Waals surface area contributed by atoms with Crippen LogP contribution in [0.2, 0.25) is 0 Å². The fourth-order valence-corrected chi connectivity index (χ4v) is 3.25. The van der Waals surface area contributed by atoms with Crippen molar-refractivity contribution in [3.8, 4) is 0 Å². The number of para-hydroxylation sites is 1. The standard InChI is InChI=1S/C20H21Cl3FN3OS/c1-3-12-6-5-7-13(4-2)16(12)25-19(29)27-18(20(21,22)23)26-17(28)14-8-10-15(24)11-9-14/h5-11,18H,3-4H2,1-2H3,(H,26,28)(H2,25,27,29). The first-order valence-electron chi connectivity index (χ1n) is 8.97. The summed E-state index contributed by atoms with van der Waals surface area (Å²) in [5.41, 5.74) is 3.29. The second-order valence-corrected chi connectivity index (χ2v) is 8.99. The van der Waals surface area contributed by atoms with Crippen LogP contribution >= 0.6 is 47.0 Å². The van der Waals surface area contributed by atoms with Gasteiger partial charge in [-0.2, -0.15) is 0 Å². The lowest BCUT2D eigenvalue weighted by Gasteiger charge is -2.28. The number of aryl methyl sites for hydroxylation is 2. The molecular weight excluding hydrogens is 456 g/mol. The van der Waals surface area contributed by atoms with E-state index in [1.165, 1.54) is 24.3 Å². The molecular formula is C20H21Cl3FN3OS. The van der Waals surface area contributed by atoms with Crippen LogP contribution in [0.4, 0.5) is 10.1 Å². The number of rotatable bonds is 6. The number of hydrogen-bond acceptors (Lipinski definition) is 2. The van der Waals surface area contributed by atoms with Crippen molar-refractivity contribution < 1.29 is 9.18 Å². The molecule has 0 spiro atoms. The molecule has 9 heteroatoms. The van der Waals surface area contributed by atoms with E-state index in [-0.39, 0.29) is 10.7 Å². The van der Waals surface area contributed by atoms with E-state index in [9.17, 15) is 9.18 Å². The summed E-state index contributed by atoms with van der Waals surface area (Å²) in [6, 6.07) is 11.0. The minimum absolute atomic E-state index is 0.191. The molecule has 0 fully saturated rings. The molecule has 0 aliphatic heterocycles. The zero-order chi connectivity index (χ0) is 21.6. The second kappa shape index (κ2) is 10.4. The molecule has 0 heterocycles. The van der Waals surface area contributed by atoms with Gasteiger partial charge in [0.25, 0.3) is 5.91 Å². The molecule has 4 nitrogen and oxygen atoms in total. The van der Waals surface area contributed by atoms with Gasteiger partial charge in [0.2, 0.25) is 3.79 Å². The first-order chi connectivity index (χ1) is 13.7. The molecule has 0 aromatic heterocycles. The van der Waals surface area contributed by atoms with E-state index in [1.807, 2.05) is 32.0 Å². The number of halogens is 4. The number of benzene rings is 2. The highest BCUT2D eigenvalue weighted by molar-refractivity contribution is 7.80. The molecule has 2 aromatic carbocycles. The lowest BCUT2D eigenvalue weighted by molar-refractivity contribution is 0.0934. The van der Waals surface area contributed by atoms with E-state index in [0.29, 0.717) is 0 Å². The monoisotopic (exact) mass is 475 g/mol. The van der Waals surface area contributed by atoms with Crippen molar-refractivity contribution in [1.82, 2.24) is 10.6 Å². The smallest absolute Gasteiger partial charge is 0.252 e. The summed E-state index contributed by atoms with van der Waals surface area (Å²) in [6.45, 7) is 4.09. The molecule has 0 saturated heterocycles. The summed E-state index contributed by atoms with van der Waals surface area (Å²) in [7, 11) is 0. The molecule has 1 amide bonds. The average molecular weight is 477 g/mol. The molecule has 0 aliphatic carbocycles. The normalized spacial score (nSPS) is 12.2. The zero-order valence-electron chi connectivity index (χ0n) is 15.9. The van der Waals surface area contributed by atoms with Gasteiger partial charge in [0.1, 0.15) is 12.0 Å². The molecule has 3 N–H and O–H groups in total. The number of hydrogen-bond donors (Lipinski definition) is 3. The minimum atomic E-state index is -1.89. The summed E-state index contributed by atoms with van der Waals surface area (Å²) in [5.74, 6) is -0.996. The third kappa shape index (κ3) is 6.71. The Labute approximate surface area is 190 Å². The Morgan fingerprint density at radius 3 is 2.07 bits per heavy atom. The van der Waals surface area contributed by atoms with Crippen LogP contribution in [0, 0.1) is 5.82 Å². The molecule has 2 aromatic rings. The Morgan fingerprint density at radius 2 is 1.59 bits per heavy atom. The predicted octanol–water partition coefficient (Wildman–Crippen LogP) is 5.36. The number of thiocarbonyl (C=S) groups is 1. The van der Waals surface area contributed by atoms with E-state index in [1.54, 1.807) is 0 Å². The highest BCUT2D eigenvalue weighted by atomic mass is 35.6. The fraction of sp³-hybridized carbons (Fsp3) is 0.300. The maximum atomic E-state index is 13.1. The Bertz CT molecular complexity index is 850. The van der Waals surface area contributed by atoms with Crippen LogP contribution in [0.5, 0.6) is 0 Å². The van der Waals surface area contributed by atoms with E-state index in [0.717, 1.165) is 29.7 Å². The molecule has 29 heavy (non-hydrogen) atoms. The number of carbonyl (C=O) groups excluding carboxylic acids is 1. The third-order valence-electron chi connectivity index (χ3n) is 4.22. The summed E-state index contributed by atoms with van der Waals surface area (Å²) in [4.78, 5) is 12.4. The van der Waals surface area contributed by atoms with Gasteiger partial charge in [-0.25, -0.2) is 4.39 Å². The Kier molecular flexibility index (Phi) is 8.52. The molecule has 156 valence electrons. The predicted molar refractivity (Wildman–Crippen MR) is 122 cm³/mol. The largest absolute Gasteiger partial charge is 0.339 e. The van der Waals surface area contributed by atoms with Gasteiger partial charge < -0.3 is 16.0 Å². The molecule has 0 radical (unpaired) electrons. The first-order valence-corrected chi connectivity index (χ1v) is 10.5. The molecule has 2 rings (SSSR count). The van der Waals surface area contributed by atoms with Crippen molar-refractivity contribution in [3.05, 3.63) is 65.0 Å². The minimum Gasteiger partial charge on any atom is -0.339 e. The number of nitrogens with one attached hydrogen (secondary N) is 3. The van der Waals surface area contributed by atoms with Crippen LogP contribution in [0.15, 0.2) is 42.5 Å². The van der Waals surface area contributed by atoms with Gasteiger partial charge in [-0.1, -0.05) is 66.8 Å². The topological polar surface area (TPSA) is 53.2 Å². The highest BCUT2D eigenvalue weighted by Crippen LogP contribution is 2.30. The fourth-order valence-electron chi connectivity index (χ4n) is 2.70. The maximum absolute atomic E-state index is 13.1. The van der Waals surface area contributed by atoms with E-state index in [4.69, 9.17) is 47.0 Å². The van der Waals surface area contributed by atoms with Gasteiger partial charge in [0.15, 0.2) is 5.11 Å². The summed E-state index contributed by atoms with van der Waals surface area (Å²) < 4.78 is 11.2. The number of anilines is 1. The number of carbonyl (C=O) groups is 1. The van der Waals surface area contributed by atoms with Gasteiger partial charge in [0.05, 0.1) is 0 Å². The van der Waals surface area contributed by atoms with Crippen molar-refractivity contribution in [3.63, 3.8) is 0 Å². The van der Waals surface area contributed by atoms with Crippen molar-refractivity contribution in [1.29, 1.82) is 0 Å². The number of amides is 1. The van der Waals surface area contributed by atoms with Crippen molar-refractivity contribution in [2.75, 3.05) is 5.32 Å². The maximum Gasteiger partial charge on any atom is 0.252 e. The van der Waals surface area contributed by atoms with Gasteiger partial charge in [-0.05, 0) is 60.5 Å². The first kappa shape index (κ1) is 23.7. The third-order valence-corrected chi connectivity index (χ3v) is 5.10. The molecule has 1 atom stereocenters. The van der Waals surface area contributed by atoms with E-state index >= 15 is 0 Å². The van der Waals surface area contributed by atoms with E-state index in [2.05, 4.69) is 16.0 Å². The van der Waals surface area contributed by atoms with Gasteiger partial charge >= 0.3 is 0 Å². The van der Waals surface area contributed by atoms with Gasteiger partial charge in [-0.3, -0.25) is 4.79 Å². The SMILES string of the molecule is CCc1cccc(CC)c1NC(=S)NC(NC(=O)c1ccc(F)cc1)C(Cl)(Cl)Cl. The van der Waals surface area contributed by atoms with E-state index < -0.39 is 21.7 Å². The van der Waals surface area contributed by atoms with Crippen LogP contribution in [0.25, 0.3) is 0 Å². The van der Waals surface area contributed by atoms with Crippen LogP contribution in [-0.2, 0) is 12.8 Å². The van der Waals surface area contributed by atoms with Crippen LogP contribution < -0.4 is 16.0 Å². The highest BCUT2D eigenvalue weighted by Gasteiger charge is 2.35. The summed E-state index contributed by atoms with van der Waals surface area (Å²) in [6.07, 6.45) is 0.506. The molecule has 1 unspecified atom stereocenters. The summed E-state index contributed by atoms with van der Waals surface area (Å²) >= 11 is 23.5. The molecule has 0 saturated carbocycles. The summed E-state index contributed by atoms with van der Waals surface area (Å²) in [5, 5.41) is 8.75. The lowest BCUT2D eigenvalue weighted by Crippen LogP contribution is -2.56.